The van der Waals surface area contributed by atoms with Crippen LogP contribution in [0.1, 0.15) is 5.56 Å². The zero-order chi connectivity index (χ0) is 12.3. The van der Waals surface area contributed by atoms with Crippen LogP contribution >= 0.6 is 27.5 Å². The number of halogens is 2. The van der Waals surface area contributed by atoms with E-state index < -0.39 is 0 Å². The van der Waals surface area contributed by atoms with Gasteiger partial charge in [0.1, 0.15) is 5.82 Å². The van der Waals surface area contributed by atoms with Gasteiger partial charge >= 0.3 is 0 Å². The molecular weight excluding hydrogens is 302 g/mol. The van der Waals surface area contributed by atoms with E-state index in [9.17, 15) is 0 Å². The lowest BCUT2D eigenvalue weighted by atomic mass is 10.2. The van der Waals surface area contributed by atoms with Crippen LogP contribution in [0.3, 0.4) is 0 Å². The van der Waals surface area contributed by atoms with Gasteiger partial charge in [-0.25, -0.2) is 4.98 Å². The molecule has 0 aliphatic carbocycles. The number of nitriles is 1. The Morgan fingerprint density at radius 1 is 1.29 bits per heavy atom. The summed E-state index contributed by atoms with van der Waals surface area (Å²) in [6, 6.07) is 10.8. The Labute approximate surface area is 112 Å². The van der Waals surface area contributed by atoms with E-state index in [-0.39, 0.29) is 0 Å². The highest BCUT2D eigenvalue weighted by Crippen LogP contribution is 2.28. The summed E-state index contributed by atoms with van der Waals surface area (Å²) >= 11 is 9.25. The monoisotopic (exact) mass is 307 g/mol. The van der Waals surface area contributed by atoms with Gasteiger partial charge in [0.05, 0.1) is 17.3 Å². The van der Waals surface area contributed by atoms with Gasteiger partial charge in [0.2, 0.25) is 0 Å². The van der Waals surface area contributed by atoms with Crippen LogP contribution in [0.15, 0.2) is 41.0 Å². The van der Waals surface area contributed by atoms with Crippen LogP contribution in [0.25, 0.3) is 0 Å². The van der Waals surface area contributed by atoms with Crippen molar-refractivity contribution in [3.8, 4) is 6.07 Å². The predicted molar refractivity (Wildman–Crippen MR) is 71.4 cm³/mol. The Hall–Kier alpha value is -1.57. The van der Waals surface area contributed by atoms with Gasteiger partial charge in [-0.3, -0.25) is 0 Å². The van der Waals surface area contributed by atoms with Crippen molar-refractivity contribution in [2.45, 2.75) is 0 Å². The molecule has 0 atom stereocenters. The molecule has 1 aromatic carbocycles. The first-order chi connectivity index (χ1) is 8.19. The zero-order valence-electron chi connectivity index (χ0n) is 8.61. The van der Waals surface area contributed by atoms with E-state index in [1.165, 1.54) is 0 Å². The fraction of sp³-hybridized carbons (Fsp3) is 0. The summed E-state index contributed by atoms with van der Waals surface area (Å²) in [4.78, 5) is 4.13. The molecule has 0 radical (unpaired) electrons. The summed E-state index contributed by atoms with van der Waals surface area (Å²) < 4.78 is 0.842. The standard InChI is InChI=1S/C12H7BrClN3/c13-10-6-9(14)1-2-11(10)17-12-5-8(7-15)3-4-16-12/h1-6H,(H,16,17). The molecule has 1 aromatic heterocycles. The number of nitrogens with one attached hydrogen (secondary N) is 1. The van der Waals surface area contributed by atoms with Crippen molar-refractivity contribution in [2.24, 2.45) is 0 Å². The van der Waals surface area contributed by atoms with Gasteiger partial charge in [-0.2, -0.15) is 5.26 Å². The molecule has 0 saturated heterocycles. The average molecular weight is 309 g/mol. The van der Waals surface area contributed by atoms with E-state index in [0.29, 0.717) is 16.4 Å². The molecule has 3 nitrogen and oxygen atoms in total. The van der Waals surface area contributed by atoms with Gasteiger partial charge in [-0.15, -0.1) is 0 Å². The molecule has 0 amide bonds. The fourth-order valence-corrected chi connectivity index (χ4v) is 2.08. The van der Waals surface area contributed by atoms with Gasteiger partial charge in [0.15, 0.2) is 0 Å². The lowest BCUT2D eigenvalue weighted by Gasteiger charge is -2.07. The Balaban J connectivity index is 2.28. The van der Waals surface area contributed by atoms with Gasteiger partial charge in [0.25, 0.3) is 0 Å². The number of rotatable bonds is 2. The number of aromatic nitrogens is 1. The van der Waals surface area contributed by atoms with E-state index in [2.05, 4.69) is 32.3 Å². The minimum Gasteiger partial charge on any atom is -0.339 e. The fourth-order valence-electron chi connectivity index (χ4n) is 1.30. The Bertz CT molecular complexity index is 593. The van der Waals surface area contributed by atoms with Crippen molar-refractivity contribution in [1.82, 2.24) is 4.98 Å². The van der Waals surface area contributed by atoms with Crippen molar-refractivity contribution < 1.29 is 0 Å². The van der Waals surface area contributed by atoms with Crippen LogP contribution < -0.4 is 5.32 Å². The molecule has 17 heavy (non-hydrogen) atoms. The molecule has 0 unspecified atom stereocenters. The van der Waals surface area contributed by atoms with Crippen molar-refractivity contribution in [1.29, 1.82) is 5.26 Å². The Morgan fingerprint density at radius 3 is 2.82 bits per heavy atom. The van der Waals surface area contributed by atoms with E-state index in [1.54, 1.807) is 30.5 Å². The largest absolute Gasteiger partial charge is 0.339 e. The molecular formula is C12H7BrClN3. The second-order valence-electron chi connectivity index (χ2n) is 3.29. The molecule has 0 aliphatic rings. The molecule has 1 heterocycles. The van der Waals surface area contributed by atoms with E-state index >= 15 is 0 Å². The molecule has 0 aliphatic heterocycles. The first kappa shape index (κ1) is 11.9. The van der Waals surface area contributed by atoms with Crippen LogP contribution in [0, 0.1) is 11.3 Å². The molecule has 5 heteroatoms. The maximum absolute atomic E-state index is 8.79. The number of anilines is 2. The lowest BCUT2D eigenvalue weighted by molar-refractivity contribution is 1.29. The summed E-state index contributed by atoms with van der Waals surface area (Å²) in [7, 11) is 0. The summed E-state index contributed by atoms with van der Waals surface area (Å²) in [5, 5.41) is 12.5. The molecule has 0 fully saturated rings. The van der Waals surface area contributed by atoms with E-state index in [1.807, 2.05) is 6.07 Å². The highest BCUT2D eigenvalue weighted by Gasteiger charge is 2.02. The van der Waals surface area contributed by atoms with Gasteiger partial charge in [0, 0.05) is 15.7 Å². The number of benzene rings is 1. The summed E-state index contributed by atoms with van der Waals surface area (Å²) in [5.41, 5.74) is 1.41. The van der Waals surface area contributed by atoms with Crippen LogP contribution in [-0.2, 0) is 0 Å². The zero-order valence-corrected chi connectivity index (χ0v) is 11.0. The maximum atomic E-state index is 8.79. The molecule has 2 aromatic rings. The number of pyridine rings is 1. The second-order valence-corrected chi connectivity index (χ2v) is 4.58. The van der Waals surface area contributed by atoms with Crippen LogP contribution in [-0.4, -0.2) is 4.98 Å². The predicted octanol–water partition coefficient (Wildman–Crippen LogP) is 4.11. The first-order valence-corrected chi connectivity index (χ1v) is 5.94. The highest BCUT2D eigenvalue weighted by atomic mass is 79.9. The van der Waals surface area contributed by atoms with Crippen molar-refractivity contribution in [3.63, 3.8) is 0 Å². The normalized spacial score (nSPS) is 9.71. The van der Waals surface area contributed by atoms with Gasteiger partial charge < -0.3 is 5.32 Å². The quantitative estimate of drug-likeness (QED) is 0.908. The molecule has 0 spiro atoms. The first-order valence-electron chi connectivity index (χ1n) is 4.77. The molecule has 1 N–H and O–H groups in total. The van der Waals surface area contributed by atoms with Crippen molar-refractivity contribution in [3.05, 3.63) is 51.6 Å². The third-order valence-electron chi connectivity index (χ3n) is 2.08. The smallest absolute Gasteiger partial charge is 0.131 e. The highest BCUT2D eigenvalue weighted by molar-refractivity contribution is 9.10. The Kier molecular flexibility index (Phi) is 3.62. The number of hydrogen-bond acceptors (Lipinski definition) is 3. The Morgan fingerprint density at radius 2 is 2.12 bits per heavy atom. The molecule has 84 valence electrons. The summed E-state index contributed by atoms with van der Waals surface area (Å²) in [5.74, 6) is 0.618. The third kappa shape index (κ3) is 2.96. The van der Waals surface area contributed by atoms with Crippen LogP contribution in [0.4, 0.5) is 11.5 Å². The lowest BCUT2D eigenvalue weighted by Crippen LogP contribution is -1.94. The summed E-state index contributed by atoms with van der Waals surface area (Å²) in [6.07, 6.45) is 1.59. The molecule has 2 rings (SSSR count). The second kappa shape index (κ2) is 5.17. The molecule has 0 bridgehead atoms. The molecule has 0 saturated carbocycles. The third-order valence-corrected chi connectivity index (χ3v) is 2.97. The van der Waals surface area contributed by atoms with Crippen molar-refractivity contribution >= 4 is 39.0 Å². The SMILES string of the molecule is N#Cc1ccnc(Nc2ccc(Cl)cc2Br)c1. The minimum absolute atomic E-state index is 0.563. The van der Waals surface area contributed by atoms with Gasteiger partial charge in [-0.05, 0) is 46.3 Å². The summed E-state index contributed by atoms with van der Waals surface area (Å²) in [6.45, 7) is 0. The number of hydrogen-bond donors (Lipinski definition) is 1. The topological polar surface area (TPSA) is 48.7 Å². The van der Waals surface area contributed by atoms with E-state index in [0.717, 1.165) is 10.2 Å². The van der Waals surface area contributed by atoms with Crippen LogP contribution in [0.2, 0.25) is 5.02 Å². The minimum atomic E-state index is 0.563. The van der Waals surface area contributed by atoms with Crippen molar-refractivity contribution in [2.75, 3.05) is 5.32 Å². The van der Waals surface area contributed by atoms with E-state index in [4.69, 9.17) is 16.9 Å². The average Bonchev–Trinajstić information content (AvgIpc) is 2.33. The van der Waals surface area contributed by atoms with Gasteiger partial charge in [-0.1, -0.05) is 11.6 Å². The maximum Gasteiger partial charge on any atom is 0.131 e. The number of nitrogens with zero attached hydrogens (tertiary/aromatic N) is 2. The van der Waals surface area contributed by atoms with Crippen LogP contribution in [0.5, 0.6) is 0 Å².